The minimum Gasteiger partial charge on any atom is -0.477 e. The molecular formula is C78H144NO8+. The second-order valence-electron chi connectivity index (χ2n) is 26.6. The van der Waals surface area contributed by atoms with Crippen molar-refractivity contribution in [3.63, 3.8) is 0 Å². The number of carboxylic acids is 1. The molecule has 0 heterocycles. The third kappa shape index (κ3) is 70.3. The molecule has 0 aromatic carbocycles. The van der Waals surface area contributed by atoms with Gasteiger partial charge in [0, 0.05) is 12.8 Å². The Balaban J connectivity index is 4.02. The van der Waals surface area contributed by atoms with Gasteiger partial charge in [0.25, 0.3) is 6.29 Å². The fraction of sp³-hybridized carbons (Fsp3) is 0.833. The van der Waals surface area contributed by atoms with E-state index < -0.39 is 24.3 Å². The van der Waals surface area contributed by atoms with Gasteiger partial charge in [-0.25, -0.2) is 4.79 Å². The molecule has 0 aromatic rings. The van der Waals surface area contributed by atoms with Gasteiger partial charge in [0.2, 0.25) is 0 Å². The van der Waals surface area contributed by atoms with Crippen molar-refractivity contribution in [2.45, 2.75) is 373 Å². The highest BCUT2D eigenvalue weighted by Gasteiger charge is 2.25. The summed E-state index contributed by atoms with van der Waals surface area (Å²) in [6, 6.07) is 0. The molecule has 0 aliphatic carbocycles. The van der Waals surface area contributed by atoms with E-state index in [0.717, 1.165) is 77.0 Å². The number of allylic oxidation sites excluding steroid dienone is 10. The van der Waals surface area contributed by atoms with Gasteiger partial charge in [-0.05, 0) is 57.8 Å². The Morgan fingerprint density at radius 1 is 0.356 bits per heavy atom. The van der Waals surface area contributed by atoms with Gasteiger partial charge in [0.15, 0.2) is 6.10 Å². The second-order valence-corrected chi connectivity index (χ2v) is 26.6. The van der Waals surface area contributed by atoms with E-state index in [2.05, 4.69) is 74.6 Å². The Kier molecular flexibility index (Phi) is 66.5. The largest absolute Gasteiger partial charge is 0.477 e. The minimum atomic E-state index is -1.51. The van der Waals surface area contributed by atoms with Gasteiger partial charge in [0.05, 0.1) is 34.4 Å². The maximum Gasteiger partial charge on any atom is 0.361 e. The molecule has 0 aliphatic heterocycles. The van der Waals surface area contributed by atoms with Gasteiger partial charge in [0.1, 0.15) is 13.2 Å². The van der Waals surface area contributed by atoms with Crippen LogP contribution in [0.3, 0.4) is 0 Å². The van der Waals surface area contributed by atoms with Crippen LogP contribution in [0.5, 0.6) is 0 Å². The summed E-state index contributed by atoms with van der Waals surface area (Å²) in [5.74, 6) is -1.99. The topological polar surface area (TPSA) is 108 Å². The number of carbonyl (C=O) groups is 3. The van der Waals surface area contributed by atoms with Crippen LogP contribution in [-0.4, -0.2) is 87.4 Å². The molecule has 9 nitrogen and oxygen atoms in total. The highest BCUT2D eigenvalue weighted by Crippen LogP contribution is 2.19. The van der Waals surface area contributed by atoms with Crippen molar-refractivity contribution >= 4 is 17.9 Å². The lowest BCUT2D eigenvalue weighted by atomic mass is 10.0. The third-order valence-electron chi connectivity index (χ3n) is 16.8. The SMILES string of the molecule is CC/C=C\C/C=C\C/C=C\C/C=C\C/C=C\CCCCCCCCCCCCCC(=O)OC(COC(=O)CCCCCCCCCCCCCCCCCCCCCCCCCCCCCCCCCCCCC)COC(OCC[N+](C)(C)C)C(=O)O. The predicted molar refractivity (Wildman–Crippen MR) is 373 cm³/mol. The summed E-state index contributed by atoms with van der Waals surface area (Å²) in [7, 11) is 5.99. The zero-order valence-corrected chi connectivity index (χ0v) is 58.2. The lowest BCUT2D eigenvalue weighted by molar-refractivity contribution is -0.870. The number of nitrogens with zero attached hydrogens (tertiary/aromatic N) is 1. The highest BCUT2D eigenvalue weighted by atomic mass is 16.7. The number of quaternary nitrogens is 1. The normalized spacial score (nSPS) is 13.0. The van der Waals surface area contributed by atoms with Crippen molar-refractivity contribution in [2.75, 3.05) is 47.5 Å². The first-order valence-corrected chi connectivity index (χ1v) is 37.5. The molecule has 2 unspecified atom stereocenters. The lowest BCUT2D eigenvalue weighted by Crippen LogP contribution is -2.40. The summed E-state index contributed by atoms with van der Waals surface area (Å²) in [5.41, 5.74) is 0. The molecule has 9 heteroatoms. The number of hydrogen-bond donors (Lipinski definition) is 1. The van der Waals surface area contributed by atoms with Crippen molar-refractivity contribution < 1.29 is 42.9 Å². The lowest BCUT2D eigenvalue weighted by Gasteiger charge is -2.25. The van der Waals surface area contributed by atoms with Crippen LogP contribution in [0.2, 0.25) is 0 Å². The van der Waals surface area contributed by atoms with E-state index in [1.807, 2.05) is 21.1 Å². The van der Waals surface area contributed by atoms with E-state index >= 15 is 0 Å². The molecule has 0 saturated heterocycles. The zero-order chi connectivity index (χ0) is 63.3. The molecule has 0 fully saturated rings. The fourth-order valence-electron chi connectivity index (χ4n) is 11.1. The molecule has 0 spiro atoms. The quantitative estimate of drug-likeness (QED) is 0.0211. The number of carboxylic acid groups (broad SMARTS) is 1. The third-order valence-corrected chi connectivity index (χ3v) is 16.8. The van der Waals surface area contributed by atoms with Crippen molar-refractivity contribution in [1.82, 2.24) is 0 Å². The Labute approximate surface area is 539 Å². The van der Waals surface area contributed by atoms with E-state index in [1.165, 1.54) is 257 Å². The van der Waals surface area contributed by atoms with E-state index in [1.54, 1.807) is 0 Å². The molecule has 0 bridgehead atoms. The number of esters is 2. The molecule has 0 amide bonds. The Morgan fingerprint density at radius 3 is 0.977 bits per heavy atom. The minimum absolute atomic E-state index is 0.181. The fourth-order valence-corrected chi connectivity index (χ4v) is 11.1. The average Bonchev–Trinajstić information content (AvgIpc) is 3.56. The number of hydrogen-bond acceptors (Lipinski definition) is 7. The van der Waals surface area contributed by atoms with E-state index in [0.29, 0.717) is 17.4 Å². The molecule has 0 aromatic heterocycles. The van der Waals surface area contributed by atoms with Crippen LogP contribution in [0.4, 0.5) is 0 Å². The number of rotatable bonds is 70. The van der Waals surface area contributed by atoms with Gasteiger partial charge >= 0.3 is 17.9 Å². The summed E-state index contributed by atoms with van der Waals surface area (Å²) < 4.78 is 23.0. The maximum atomic E-state index is 13.0. The van der Waals surface area contributed by atoms with Gasteiger partial charge in [-0.3, -0.25) is 9.59 Å². The predicted octanol–water partition coefficient (Wildman–Crippen LogP) is 23.5. The van der Waals surface area contributed by atoms with Crippen LogP contribution in [0, 0.1) is 0 Å². The molecule has 87 heavy (non-hydrogen) atoms. The second kappa shape index (κ2) is 68.9. The molecule has 0 saturated carbocycles. The van der Waals surface area contributed by atoms with Crippen LogP contribution in [0.1, 0.15) is 361 Å². The van der Waals surface area contributed by atoms with Gasteiger partial charge in [-0.2, -0.15) is 0 Å². The van der Waals surface area contributed by atoms with Crippen LogP contribution in [0.25, 0.3) is 0 Å². The van der Waals surface area contributed by atoms with E-state index in [-0.39, 0.29) is 32.2 Å². The summed E-state index contributed by atoms with van der Waals surface area (Å²) in [6.45, 7) is 4.82. The first-order valence-electron chi connectivity index (χ1n) is 37.5. The zero-order valence-electron chi connectivity index (χ0n) is 58.2. The van der Waals surface area contributed by atoms with Crippen LogP contribution in [0.15, 0.2) is 60.8 Å². The van der Waals surface area contributed by atoms with Gasteiger partial charge in [-0.15, -0.1) is 0 Å². The summed E-state index contributed by atoms with van der Waals surface area (Å²) >= 11 is 0. The first-order chi connectivity index (χ1) is 42.6. The Bertz CT molecular complexity index is 1610. The van der Waals surface area contributed by atoms with Gasteiger partial charge < -0.3 is 28.5 Å². The molecule has 1 N–H and O–H groups in total. The average molecular weight is 1220 g/mol. The van der Waals surface area contributed by atoms with Crippen molar-refractivity contribution in [1.29, 1.82) is 0 Å². The molecule has 0 aliphatic rings. The number of ether oxygens (including phenoxy) is 4. The maximum absolute atomic E-state index is 13.0. The molecule has 0 radical (unpaired) electrons. The monoisotopic (exact) mass is 1220 g/mol. The number of unbranched alkanes of at least 4 members (excludes halogenated alkanes) is 45. The van der Waals surface area contributed by atoms with Crippen molar-refractivity contribution in [2.24, 2.45) is 0 Å². The standard InChI is InChI=1S/C78H143NO8/c1-6-8-10-12-14-16-18-20-22-24-26-28-30-32-34-35-36-37-38-39-40-41-43-44-46-48-50-52-54-56-58-60-62-64-66-68-75(80)85-72-74(73-86-78(77(82)83)84-71-70-79(3,4)5)87-76(81)69-67-65-63-61-59-57-55-53-51-49-47-45-42-33-31-29-27-25-23-21-19-17-15-13-11-9-7-2/h9,11,15,17,21,23,27,29,33,42,74,78H,6-8,10,12-14,16,18-20,22,24-26,28,30-32,34-41,43-73H2,1-5H3/p+1/b11-9-,17-15-,23-21-,29-27-,42-33-. The summed E-state index contributed by atoms with van der Waals surface area (Å²) in [6.07, 6.45) is 87.9. The van der Waals surface area contributed by atoms with Crippen LogP contribution < -0.4 is 0 Å². The Hall–Kier alpha value is -3.01. The van der Waals surface area contributed by atoms with E-state index in [9.17, 15) is 19.5 Å². The van der Waals surface area contributed by atoms with Gasteiger partial charge in [-0.1, -0.05) is 351 Å². The molecule has 508 valence electrons. The first kappa shape index (κ1) is 84.0. The molecule has 0 rings (SSSR count). The van der Waals surface area contributed by atoms with E-state index in [4.69, 9.17) is 18.9 Å². The highest BCUT2D eigenvalue weighted by molar-refractivity contribution is 5.71. The van der Waals surface area contributed by atoms with Crippen molar-refractivity contribution in [3.05, 3.63) is 60.8 Å². The smallest absolute Gasteiger partial charge is 0.361 e. The molecular weight excluding hydrogens is 1080 g/mol. The number of aliphatic carboxylic acids is 1. The molecule has 2 atom stereocenters. The van der Waals surface area contributed by atoms with Crippen LogP contribution >= 0.6 is 0 Å². The summed E-state index contributed by atoms with van der Waals surface area (Å²) in [5, 5.41) is 9.76. The van der Waals surface area contributed by atoms with Crippen LogP contribution in [-0.2, 0) is 33.3 Å². The van der Waals surface area contributed by atoms with Crippen molar-refractivity contribution in [3.8, 4) is 0 Å². The summed E-state index contributed by atoms with van der Waals surface area (Å²) in [4.78, 5) is 37.7. The number of carbonyl (C=O) groups excluding carboxylic acids is 2. The Morgan fingerprint density at radius 2 is 0.655 bits per heavy atom. The number of likely N-dealkylation sites (N-methyl/N-ethyl adjacent to an activating group) is 1.